The first-order chi connectivity index (χ1) is 12.7. The molecule has 0 aliphatic carbocycles. The van der Waals surface area contributed by atoms with Gasteiger partial charge in [0, 0.05) is 37.2 Å². The number of amides is 1. The maximum absolute atomic E-state index is 11.5. The average Bonchev–Trinajstić information content (AvgIpc) is 2.68. The maximum Gasteiger partial charge on any atom is 0.246 e. The molecule has 0 aliphatic heterocycles. The van der Waals surface area contributed by atoms with E-state index < -0.39 is 0 Å². The Morgan fingerprint density at radius 3 is 2.62 bits per heavy atom. The number of methoxy groups -OCH3 is 1. The Kier molecular flexibility index (Phi) is 5.66. The fraction of sp³-hybridized carbons (Fsp3) is 0.200. The second kappa shape index (κ2) is 8.31. The number of nitrogens with zero attached hydrogens (tertiary/aromatic N) is 3. The average molecular weight is 348 g/mol. The lowest BCUT2D eigenvalue weighted by Gasteiger charge is -2.10. The second-order valence-electron chi connectivity index (χ2n) is 5.80. The highest BCUT2D eigenvalue weighted by Crippen LogP contribution is 2.28. The molecule has 26 heavy (non-hydrogen) atoms. The van der Waals surface area contributed by atoms with E-state index in [0.29, 0.717) is 12.4 Å². The lowest BCUT2D eigenvalue weighted by molar-refractivity contribution is -0.124. The number of hydrogen-bond acceptors (Lipinski definition) is 5. The Bertz CT molecular complexity index is 880. The molecule has 0 saturated heterocycles. The smallest absolute Gasteiger partial charge is 0.246 e. The van der Waals surface area contributed by atoms with E-state index in [2.05, 4.69) is 20.3 Å². The van der Waals surface area contributed by atoms with E-state index in [1.54, 1.807) is 12.4 Å². The molecule has 0 atom stereocenters. The summed E-state index contributed by atoms with van der Waals surface area (Å²) in [6, 6.07) is 13.7. The van der Waals surface area contributed by atoms with Crippen LogP contribution in [-0.2, 0) is 16.1 Å². The molecule has 0 aliphatic rings. The summed E-state index contributed by atoms with van der Waals surface area (Å²) < 4.78 is 4.80. The molecule has 0 radical (unpaired) electrons. The van der Waals surface area contributed by atoms with Crippen molar-refractivity contribution < 1.29 is 9.53 Å². The number of carbonyl (C=O) groups excluding carboxylic acids is 1. The molecule has 1 aromatic carbocycles. The normalized spacial score (nSPS) is 10.5. The zero-order valence-corrected chi connectivity index (χ0v) is 14.8. The van der Waals surface area contributed by atoms with Gasteiger partial charge in [0.15, 0.2) is 0 Å². The quantitative estimate of drug-likeness (QED) is 0.741. The molecular weight excluding hydrogens is 328 g/mol. The number of nitrogens with one attached hydrogen (secondary N) is 1. The minimum absolute atomic E-state index is 0.0612. The van der Waals surface area contributed by atoms with Gasteiger partial charge in [0.2, 0.25) is 5.91 Å². The first kappa shape index (κ1) is 17.7. The van der Waals surface area contributed by atoms with E-state index in [-0.39, 0.29) is 12.5 Å². The van der Waals surface area contributed by atoms with Crippen LogP contribution in [0.1, 0.15) is 11.4 Å². The van der Waals surface area contributed by atoms with Crippen molar-refractivity contribution in [3.8, 4) is 22.5 Å². The van der Waals surface area contributed by atoms with Crippen LogP contribution in [0.2, 0.25) is 0 Å². The van der Waals surface area contributed by atoms with Crippen molar-refractivity contribution in [3.63, 3.8) is 0 Å². The number of aromatic nitrogens is 3. The highest BCUT2D eigenvalue weighted by atomic mass is 16.5. The van der Waals surface area contributed by atoms with Gasteiger partial charge in [0.05, 0.1) is 11.4 Å². The Labute approximate surface area is 152 Å². The summed E-state index contributed by atoms with van der Waals surface area (Å²) in [4.78, 5) is 24.8. The van der Waals surface area contributed by atoms with Crippen molar-refractivity contribution in [1.29, 1.82) is 0 Å². The van der Waals surface area contributed by atoms with Gasteiger partial charge >= 0.3 is 0 Å². The van der Waals surface area contributed by atoms with E-state index in [4.69, 9.17) is 4.74 Å². The maximum atomic E-state index is 11.5. The highest BCUT2D eigenvalue weighted by Gasteiger charge is 2.11. The molecule has 6 nitrogen and oxygen atoms in total. The van der Waals surface area contributed by atoms with Crippen molar-refractivity contribution in [3.05, 3.63) is 66.2 Å². The summed E-state index contributed by atoms with van der Waals surface area (Å²) in [6.07, 6.45) is 3.56. The van der Waals surface area contributed by atoms with E-state index >= 15 is 0 Å². The molecular formula is C20H20N4O2. The Morgan fingerprint density at radius 2 is 1.92 bits per heavy atom. The van der Waals surface area contributed by atoms with E-state index in [9.17, 15) is 4.79 Å². The summed E-state index contributed by atoms with van der Waals surface area (Å²) in [6.45, 7) is 2.38. The van der Waals surface area contributed by atoms with Gasteiger partial charge in [-0.25, -0.2) is 9.97 Å². The first-order valence-corrected chi connectivity index (χ1v) is 8.27. The van der Waals surface area contributed by atoms with Crippen molar-refractivity contribution in [2.75, 3.05) is 13.7 Å². The molecule has 0 spiro atoms. The van der Waals surface area contributed by atoms with Crippen LogP contribution in [0.5, 0.6) is 0 Å². The lowest BCUT2D eigenvalue weighted by atomic mass is 10.0. The van der Waals surface area contributed by atoms with E-state index in [1.165, 1.54) is 7.11 Å². The van der Waals surface area contributed by atoms with Crippen LogP contribution >= 0.6 is 0 Å². The number of ether oxygens (including phenoxy) is 1. The summed E-state index contributed by atoms with van der Waals surface area (Å²) in [5.41, 5.74) is 4.54. The van der Waals surface area contributed by atoms with Crippen LogP contribution in [0.4, 0.5) is 0 Å². The van der Waals surface area contributed by atoms with E-state index in [1.807, 2.05) is 49.4 Å². The van der Waals surface area contributed by atoms with Gasteiger partial charge < -0.3 is 10.1 Å². The molecule has 2 heterocycles. The minimum atomic E-state index is -0.138. The molecule has 0 saturated carbocycles. The third-order valence-electron chi connectivity index (χ3n) is 3.84. The van der Waals surface area contributed by atoms with Crippen LogP contribution in [-0.4, -0.2) is 34.6 Å². The molecule has 3 rings (SSSR count). The molecule has 1 amide bonds. The summed E-state index contributed by atoms with van der Waals surface area (Å²) in [5.74, 6) is 0.566. The zero-order valence-electron chi connectivity index (χ0n) is 14.8. The number of hydrogen-bond donors (Lipinski definition) is 1. The van der Waals surface area contributed by atoms with Crippen LogP contribution < -0.4 is 5.32 Å². The lowest BCUT2D eigenvalue weighted by Crippen LogP contribution is -2.26. The van der Waals surface area contributed by atoms with Crippen molar-refractivity contribution in [2.45, 2.75) is 13.5 Å². The topological polar surface area (TPSA) is 77.0 Å². The molecule has 2 aromatic heterocycles. The Balaban J connectivity index is 1.85. The second-order valence-corrected chi connectivity index (χ2v) is 5.80. The molecule has 3 aromatic rings. The Morgan fingerprint density at radius 1 is 1.12 bits per heavy atom. The van der Waals surface area contributed by atoms with Crippen molar-refractivity contribution >= 4 is 5.91 Å². The van der Waals surface area contributed by atoms with Crippen LogP contribution in [0, 0.1) is 6.92 Å². The third kappa shape index (κ3) is 4.29. The number of pyridine rings is 1. The van der Waals surface area contributed by atoms with E-state index in [0.717, 1.165) is 28.1 Å². The van der Waals surface area contributed by atoms with Gasteiger partial charge in [-0.1, -0.05) is 30.3 Å². The van der Waals surface area contributed by atoms with Gasteiger partial charge in [0.1, 0.15) is 12.4 Å². The fourth-order valence-electron chi connectivity index (χ4n) is 2.56. The summed E-state index contributed by atoms with van der Waals surface area (Å²) >= 11 is 0. The van der Waals surface area contributed by atoms with Gasteiger partial charge in [-0.15, -0.1) is 0 Å². The number of rotatable bonds is 6. The standard InChI is InChI=1S/C20H20N4O2/c1-14-22-12-17(18-5-3-4-10-21-18)20(24-14)16-8-6-15(7-9-16)11-23-19(25)13-26-2/h3-10,12H,11,13H2,1-2H3,(H,23,25). The van der Waals surface area contributed by atoms with Crippen LogP contribution in [0.25, 0.3) is 22.5 Å². The number of benzene rings is 1. The first-order valence-electron chi connectivity index (χ1n) is 8.27. The van der Waals surface area contributed by atoms with Crippen molar-refractivity contribution in [1.82, 2.24) is 20.3 Å². The molecule has 132 valence electrons. The molecule has 0 bridgehead atoms. The summed E-state index contributed by atoms with van der Waals surface area (Å²) in [5, 5.41) is 2.81. The SMILES string of the molecule is COCC(=O)NCc1ccc(-c2nc(C)ncc2-c2ccccn2)cc1. The third-order valence-corrected chi connectivity index (χ3v) is 3.84. The minimum Gasteiger partial charge on any atom is -0.375 e. The molecule has 6 heteroatoms. The predicted molar refractivity (Wildman–Crippen MR) is 99.2 cm³/mol. The monoisotopic (exact) mass is 348 g/mol. The fourth-order valence-corrected chi connectivity index (χ4v) is 2.56. The van der Waals surface area contributed by atoms with Gasteiger partial charge in [-0.2, -0.15) is 0 Å². The van der Waals surface area contributed by atoms with Gasteiger partial charge in [-0.05, 0) is 24.6 Å². The summed E-state index contributed by atoms with van der Waals surface area (Å²) in [7, 11) is 1.50. The number of aryl methyl sites for hydroxylation is 1. The van der Waals surface area contributed by atoms with Crippen LogP contribution in [0.3, 0.4) is 0 Å². The molecule has 1 N–H and O–H groups in total. The highest BCUT2D eigenvalue weighted by molar-refractivity contribution is 5.78. The predicted octanol–water partition coefficient (Wildman–Crippen LogP) is 2.78. The number of carbonyl (C=O) groups is 1. The Hall–Kier alpha value is -3.12. The van der Waals surface area contributed by atoms with Gasteiger partial charge in [-0.3, -0.25) is 9.78 Å². The van der Waals surface area contributed by atoms with Crippen LogP contribution in [0.15, 0.2) is 54.9 Å². The molecule has 0 fully saturated rings. The van der Waals surface area contributed by atoms with Gasteiger partial charge in [0.25, 0.3) is 0 Å². The molecule has 0 unspecified atom stereocenters. The van der Waals surface area contributed by atoms with Crippen molar-refractivity contribution in [2.24, 2.45) is 0 Å². The zero-order chi connectivity index (χ0) is 18.4. The largest absolute Gasteiger partial charge is 0.375 e.